The standard InChI is InChI=1S/C19H17N3O2/c23-18-16-15(12-22(18)11-13-7-3-1-4-8-13)20-19(24)21-17(16)14-9-5-2-6-10-14/h1-10,17H,11-12H2,(H2,20,21,24)/t17-/m0/s1. The summed E-state index contributed by atoms with van der Waals surface area (Å²) in [5.41, 5.74) is 3.32. The molecule has 24 heavy (non-hydrogen) atoms. The van der Waals surface area contributed by atoms with Gasteiger partial charge < -0.3 is 15.5 Å². The number of amides is 3. The van der Waals surface area contributed by atoms with E-state index < -0.39 is 6.04 Å². The summed E-state index contributed by atoms with van der Waals surface area (Å²) in [4.78, 5) is 26.7. The Morgan fingerprint density at radius 2 is 1.62 bits per heavy atom. The molecule has 0 saturated heterocycles. The van der Waals surface area contributed by atoms with E-state index in [-0.39, 0.29) is 11.9 Å². The van der Waals surface area contributed by atoms with Gasteiger partial charge in [-0.25, -0.2) is 4.79 Å². The Hall–Kier alpha value is -3.08. The van der Waals surface area contributed by atoms with Crippen LogP contribution in [-0.4, -0.2) is 23.4 Å². The van der Waals surface area contributed by atoms with Crippen LogP contribution in [0.25, 0.3) is 0 Å². The molecule has 2 aromatic carbocycles. The predicted molar refractivity (Wildman–Crippen MR) is 89.7 cm³/mol. The number of hydrogen-bond donors (Lipinski definition) is 2. The maximum absolute atomic E-state index is 12.9. The van der Waals surface area contributed by atoms with E-state index >= 15 is 0 Å². The van der Waals surface area contributed by atoms with Crippen molar-refractivity contribution in [2.45, 2.75) is 12.6 Å². The molecule has 4 rings (SSSR count). The van der Waals surface area contributed by atoms with E-state index in [0.717, 1.165) is 11.1 Å². The molecule has 0 saturated carbocycles. The minimum atomic E-state index is -0.400. The van der Waals surface area contributed by atoms with Gasteiger partial charge in [-0.2, -0.15) is 0 Å². The fraction of sp³-hybridized carbons (Fsp3) is 0.158. The molecule has 2 aromatic rings. The quantitative estimate of drug-likeness (QED) is 0.912. The zero-order chi connectivity index (χ0) is 16.5. The lowest BCUT2D eigenvalue weighted by molar-refractivity contribution is -0.126. The lowest BCUT2D eigenvalue weighted by Gasteiger charge is -2.25. The lowest BCUT2D eigenvalue weighted by Crippen LogP contribution is -2.44. The number of urea groups is 1. The monoisotopic (exact) mass is 319 g/mol. The zero-order valence-electron chi connectivity index (χ0n) is 13.0. The highest BCUT2D eigenvalue weighted by Gasteiger charge is 2.40. The van der Waals surface area contributed by atoms with Crippen molar-refractivity contribution in [3.05, 3.63) is 83.1 Å². The van der Waals surface area contributed by atoms with Crippen LogP contribution >= 0.6 is 0 Å². The van der Waals surface area contributed by atoms with Crippen molar-refractivity contribution >= 4 is 11.9 Å². The molecule has 2 aliphatic rings. The number of nitrogens with one attached hydrogen (secondary N) is 2. The summed E-state index contributed by atoms with van der Waals surface area (Å²) in [6, 6.07) is 18.8. The van der Waals surface area contributed by atoms with Gasteiger partial charge in [-0.3, -0.25) is 4.79 Å². The van der Waals surface area contributed by atoms with Crippen LogP contribution in [0.3, 0.4) is 0 Å². The molecule has 5 nitrogen and oxygen atoms in total. The normalized spacial score (nSPS) is 19.8. The lowest BCUT2D eigenvalue weighted by atomic mass is 9.96. The van der Waals surface area contributed by atoms with E-state index in [2.05, 4.69) is 10.6 Å². The highest BCUT2D eigenvalue weighted by molar-refractivity contribution is 6.01. The SMILES string of the molecule is O=C1NC2=C(C(=O)N(Cc3ccccc3)C2)[C@H](c2ccccc2)N1. The van der Waals surface area contributed by atoms with Crippen molar-refractivity contribution in [3.63, 3.8) is 0 Å². The summed E-state index contributed by atoms with van der Waals surface area (Å²) in [6.45, 7) is 0.962. The molecule has 0 spiro atoms. The van der Waals surface area contributed by atoms with Gasteiger partial charge in [0.05, 0.1) is 23.9 Å². The van der Waals surface area contributed by atoms with Crippen molar-refractivity contribution in [2.75, 3.05) is 6.54 Å². The fourth-order valence-corrected chi connectivity index (χ4v) is 3.26. The third kappa shape index (κ3) is 2.54. The average Bonchev–Trinajstić information content (AvgIpc) is 2.91. The van der Waals surface area contributed by atoms with Crippen molar-refractivity contribution in [2.24, 2.45) is 0 Å². The first-order chi connectivity index (χ1) is 11.7. The second-order valence-corrected chi connectivity index (χ2v) is 5.98. The van der Waals surface area contributed by atoms with Gasteiger partial charge in [-0.15, -0.1) is 0 Å². The molecule has 2 N–H and O–H groups in total. The third-order valence-corrected chi connectivity index (χ3v) is 4.37. The van der Waals surface area contributed by atoms with Crippen LogP contribution < -0.4 is 10.6 Å². The van der Waals surface area contributed by atoms with Crippen LogP contribution in [-0.2, 0) is 11.3 Å². The van der Waals surface area contributed by atoms with Gasteiger partial charge in [0, 0.05) is 6.54 Å². The highest BCUT2D eigenvalue weighted by atomic mass is 16.2. The molecule has 2 heterocycles. The first kappa shape index (κ1) is 14.5. The van der Waals surface area contributed by atoms with E-state index in [1.54, 1.807) is 4.90 Å². The minimum Gasteiger partial charge on any atom is -0.329 e. The van der Waals surface area contributed by atoms with Crippen LogP contribution in [0.4, 0.5) is 4.79 Å². The second kappa shape index (κ2) is 5.85. The van der Waals surface area contributed by atoms with Crippen LogP contribution in [0.15, 0.2) is 71.9 Å². The summed E-state index contributed by atoms with van der Waals surface area (Å²) in [6.07, 6.45) is 0. The van der Waals surface area contributed by atoms with Crippen LogP contribution in [0, 0.1) is 0 Å². The summed E-state index contributed by atoms with van der Waals surface area (Å²) >= 11 is 0. The first-order valence-electron chi connectivity index (χ1n) is 7.91. The molecule has 2 aliphatic heterocycles. The largest absolute Gasteiger partial charge is 0.329 e. The van der Waals surface area contributed by atoms with Crippen molar-refractivity contribution in [1.29, 1.82) is 0 Å². The molecular formula is C19H17N3O2. The third-order valence-electron chi connectivity index (χ3n) is 4.37. The summed E-state index contributed by atoms with van der Waals surface area (Å²) in [5, 5.41) is 5.65. The molecule has 120 valence electrons. The van der Waals surface area contributed by atoms with Gasteiger partial charge in [0.15, 0.2) is 0 Å². The van der Waals surface area contributed by atoms with Gasteiger partial charge in [0.1, 0.15) is 0 Å². The van der Waals surface area contributed by atoms with Crippen LogP contribution in [0.1, 0.15) is 17.2 Å². The topological polar surface area (TPSA) is 61.4 Å². The van der Waals surface area contributed by atoms with Gasteiger partial charge >= 0.3 is 6.03 Å². The number of benzene rings is 2. The average molecular weight is 319 g/mol. The van der Waals surface area contributed by atoms with E-state index in [1.807, 2.05) is 60.7 Å². The maximum Gasteiger partial charge on any atom is 0.319 e. The van der Waals surface area contributed by atoms with E-state index in [4.69, 9.17) is 0 Å². The first-order valence-corrected chi connectivity index (χ1v) is 7.91. The maximum atomic E-state index is 12.9. The summed E-state index contributed by atoms with van der Waals surface area (Å²) in [7, 11) is 0. The Kier molecular flexibility index (Phi) is 3.54. The molecule has 0 unspecified atom stereocenters. The molecule has 1 atom stereocenters. The minimum absolute atomic E-state index is 0.0322. The Bertz CT molecular complexity index is 815. The highest BCUT2D eigenvalue weighted by Crippen LogP contribution is 2.32. The molecular weight excluding hydrogens is 302 g/mol. The molecule has 0 aliphatic carbocycles. The summed E-state index contributed by atoms with van der Waals surface area (Å²) in [5.74, 6) is -0.0322. The van der Waals surface area contributed by atoms with Gasteiger partial charge in [0.25, 0.3) is 5.91 Å². The number of carbonyl (C=O) groups excluding carboxylic acids is 2. The van der Waals surface area contributed by atoms with Gasteiger partial charge in [0.2, 0.25) is 0 Å². The molecule has 0 bridgehead atoms. The van der Waals surface area contributed by atoms with Gasteiger partial charge in [-0.05, 0) is 11.1 Å². The molecule has 0 fully saturated rings. The molecule has 0 radical (unpaired) electrons. The van der Waals surface area contributed by atoms with E-state index in [1.165, 1.54) is 0 Å². The predicted octanol–water partition coefficient (Wildman–Crippen LogP) is 2.34. The number of carbonyl (C=O) groups is 2. The Labute approximate surface area is 140 Å². The summed E-state index contributed by atoms with van der Waals surface area (Å²) < 4.78 is 0. The van der Waals surface area contributed by atoms with E-state index in [0.29, 0.717) is 24.4 Å². The van der Waals surface area contributed by atoms with Crippen LogP contribution in [0.5, 0.6) is 0 Å². The van der Waals surface area contributed by atoms with Gasteiger partial charge in [-0.1, -0.05) is 60.7 Å². The van der Waals surface area contributed by atoms with Crippen molar-refractivity contribution in [3.8, 4) is 0 Å². The molecule has 3 amide bonds. The van der Waals surface area contributed by atoms with Crippen molar-refractivity contribution < 1.29 is 9.59 Å². The Morgan fingerprint density at radius 1 is 0.958 bits per heavy atom. The fourth-order valence-electron chi connectivity index (χ4n) is 3.26. The molecule has 5 heteroatoms. The zero-order valence-corrected chi connectivity index (χ0v) is 13.0. The smallest absolute Gasteiger partial charge is 0.319 e. The Balaban J connectivity index is 1.63. The Morgan fingerprint density at radius 3 is 2.33 bits per heavy atom. The van der Waals surface area contributed by atoms with Crippen molar-refractivity contribution in [1.82, 2.24) is 15.5 Å². The van der Waals surface area contributed by atoms with Crippen LogP contribution in [0.2, 0.25) is 0 Å². The second-order valence-electron chi connectivity index (χ2n) is 5.98. The number of rotatable bonds is 3. The van der Waals surface area contributed by atoms with E-state index in [9.17, 15) is 9.59 Å². The number of nitrogens with zero attached hydrogens (tertiary/aromatic N) is 1. The number of hydrogen-bond acceptors (Lipinski definition) is 2. The molecule has 0 aromatic heterocycles.